The van der Waals surface area contributed by atoms with E-state index in [0.717, 1.165) is 26.1 Å². The topological polar surface area (TPSA) is 68.2 Å². The van der Waals surface area contributed by atoms with Gasteiger partial charge < -0.3 is 11.1 Å². The molecule has 0 spiro atoms. The van der Waals surface area contributed by atoms with Crippen molar-refractivity contribution in [2.75, 3.05) is 13.1 Å². The Labute approximate surface area is 103 Å². The fourth-order valence-electron chi connectivity index (χ4n) is 1.53. The van der Waals surface area contributed by atoms with Gasteiger partial charge in [-0.25, -0.2) is 0 Å². The lowest BCUT2D eigenvalue weighted by Gasteiger charge is -2.05. The predicted octanol–water partition coefficient (Wildman–Crippen LogP) is 1.37. The van der Waals surface area contributed by atoms with Crippen LogP contribution in [0.5, 0.6) is 0 Å². The summed E-state index contributed by atoms with van der Waals surface area (Å²) in [5, 5.41) is 7.18. The summed E-state index contributed by atoms with van der Waals surface area (Å²) in [7, 11) is 0. The maximum Gasteiger partial charge on any atom is 0.188 e. The Kier molecular flexibility index (Phi) is 6.86. The molecule has 96 valence electrons. The summed E-state index contributed by atoms with van der Waals surface area (Å²) < 4.78 is 1.86. The molecule has 0 aromatic carbocycles. The van der Waals surface area contributed by atoms with Gasteiger partial charge in [-0.2, -0.15) is 5.10 Å². The van der Waals surface area contributed by atoms with E-state index in [4.69, 9.17) is 5.73 Å². The maximum atomic E-state index is 5.74. The van der Waals surface area contributed by atoms with Gasteiger partial charge >= 0.3 is 0 Å². The molecule has 1 heterocycles. The highest BCUT2D eigenvalue weighted by Crippen LogP contribution is 1.98. The number of hydrogen-bond donors (Lipinski definition) is 2. The van der Waals surface area contributed by atoms with Gasteiger partial charge in [-0.15, -0.1) is 0 Å². The summed E-state index contributed by atoms with van der Waals surface area (Å²) in [5.74, 6) is 0.536. The van der Waals surface area contributed by atoms with Crippen LogP contribution in [0.15, 0.2) is 23.5 Å². The quantitative estimate of drug-likeness (QED) is 0.407. The van der Waals surface area contributed by atoms with E-state index in [-0.39, 0.29) is 0 Å². The zero-order chi connectivity index (χ0) is 12.3. The molecule has 0 fully saturated rings. The summed E-state index contributed by atoms with van der Waals surface area (Å²) in [4.78, 5) is 4.27. The summed E-state index contributed by atoms with van der Waals surface area (Å²) in [6.07, 6.45) is 8.59. The third kappa shape index (κ3) is 6.60. The Bertz CT molecular complexity index is 305. The van der Waals surface area contributed by atoms with Crippen LogP contribution in [0.2, 0.25) is 0 Å². The molecular formula is C12H23N5. The lowest BCUT2D eigenvalue weighted by molar-refractivity contribution is 0.601. The number of nitrogens with one attached hydrogen (secondary N) is 1. The summed E-state index contributed by atoms with van der Waals surface area (Å²) in [6, 6.07) is 1.91. The lowest BCUT2D eigenvalue weighted by atomic mass is 10.2. The van der Waals surface area contributed by atoms with Crippen LogP contribution in [0.25, 0.3) is 0 Å². The monoisotopic (exact) mass is 237 g/mol. The van der Waals surface area contributed by atoms with Crippen LogP contribution < -0.4 is 11.1 Å². The maximum absolute atomic E-state index is 5.74. The standard InChI is InChI=1S/C12H23N5/c1-2-3-4-5-7-14-12(13)15-9-11-17-10-6-8-16-17/h6,8,10H,2-5,7,9,11H2,1H3,(H3,13,14,15). The van der Waals surface area contributed by atoms with Crippen molar-refractivity contribution >= 4 is 5.96 Å². The van der Waals surface area contributed by atoms with Gasteiger partial charge in [0.15, 0.2) is 5.96 Å². The molecule has 5 nitrogen and oxygen atoms in total. The molecule has 0 atom stereocenters. The molecule has 3 N–H and O–H groups in total. The number of hydrogen-bond acceptors (Lipinski definition) is 2. The Morgan fingerprint density at radius 1 is 1.41 bits per heavy atom. The van der Waals surface area contributed by atoms with E-state index in [1.807, 2.05) is 16.9 Å². The molecule has 1 aromatic heterocycles. The highest BCUT2D eigenvalue weighted by atomic mass is 15.3. The molecule has 0 aliphatic rings. The molecule has 0 saturated carbocycles. The van der Waals surface area contributed by atoms with Crippen molar-refractivity contribution in [3.8, 4) is 0 Å². The molecule has 0 radical (unpaired) electrons. The molecular weight excluding hydrogens is 214 g/mol. The van der Waals surface area contributed by atoms with Gasteiger partial charge in [-0.1, -0.05) is 26.2 Å². The van der Waals surface area contributed by atoms with Gasteiger partial charge in [-0.05, 0) is 12.5 Å². The average Bonchev–Trinajstić information content (AvgIpc) is 2.82. The van der Waals surface area contributed by atoms with Crippen molar-refractivity contribution in [3.63, 3.8) is 0 Å². The van der Waals surface area contributed by atoms with Gasteiger partial charge in [-0.3, -0.25) is 9.67 Å². The second-order valence-corrected chi connectivity index (χ2v) is 4.02. The first-order valence-electron chi connectivity index (χ1n) is 6.34. The van der Waals surface area contributed by atoms with Gasteiger partial charge in [0.1, 0.15) is 0 Å². The zero-order valence-electron chi connectivity index (χ0n) is 10.6. The van der Waals surface area contributed by atoms with Gasteiger partial charge in [0.2, 0.25) is 0 Å². The number of nitrogens with two attached hydrogens (primary N) is 1. The predicted molar refractivity (Wildman–Crippen MR) is 70.9 cm³/mol. The van der Waals surface area contributed by atoms with Crippen LogP contribution in [-0.2, 0) is 6.54 Å². The Morgan fingerprint density at radius 2 is 2.29 bits per heavy atom. The number of rotatable bonds is 8. The SMILES string of the molecule is CCCCCCN=C(N)NCCn1cccn1. The number of aliphatic imine (C=N–C) groups is 1. The smallest absolute Gasteiger partial charge is 0.188 e. The largest absolute Gasteiger partial charge is 0.370 e. The van der Waals surface area contributed by atoms with Gasteiger partial charge in [0.25, 0.3) is 0 Å². The minimum absolute atomic E-state index is 0.536. The fraction of sp³-hybridized carbons (Fsp3) is 0.667. The third-order valence-corrected chi connectivity index (χ3v) is 2.50. The molecule has 1 aromatic rings. The second kappa shape index (κ2) is 8.61. The van der Waals surface area contributed by atoms with Crippen LogP contribution in [0.1, 0.15) is 32.6 Å². The van der Waals surface area contributed by atoms with E-state index in [0.29, 0.717) is 5.96 Å². The molecule has 0 saturated heterocycles. The van der Waals surface area contributed by atoms with Crippen molar-refractivity contribution in [1.82, 2.24) is 15.1 Å². The zero-order valence-corrected chi connectivity index (χ0v) is 10.6. The first-order valence-corrected chi connectivity index (χ1v) is 6.34. The van der Waals surface area contributed by atoms with E-state index in [1.165, 1.54) is 19.3 Å². The van der Waals surface area contributed by atoms with E-state index in [2.05, 4.69) is 22.3 Å². The molecule has 0 aliphatic carbocycles. The minimum Gasteiger partial charge on any atom is -0.370 e. The van der Waals surface area contributed by atoms with Crippen LogP contribution in [-0.4, -0.2) is 28.8 Å². The molecule has 0 aliphatic heterocycles. The average molecular weight is 237 g/mol. The van der Waals surface area contributed by atoms with Crippen molar-refractivity contribution < 1.29 is 0 Å². The van der Waals surface area contributed by atoms with E-state index in [1.54, 1.807) is 6.20 Å². The van der Waals surface area contributed by atoms with E-state index < -0.39 is 0 Å². The van der Waals surface area contributed by atoms with Crippen molar-refractivity contribution in [3.05, 3.63) is 18.5 Å². The van der Waals surface area contributed by atoms with E-state index in [9.17, 15) is 0 Å². The van der Waals surface area contributed by atoms with Gasteiger partial charge in [0.05, 0.1) is 6.54 Å². The lowest BCUT2D eigenvalue weighted by Crippen LogP contribution is -2.34. The normalized spacial score (nSPS) is 11.7. The first kappa shape index (κ1) is 13.5. The highest BCUT2D eigenvalue weighted by molar-refractivity contribution is 5.77. The van der Waals surface area contributed by atoms with Crippen molar-refractivity contribution in [1.29, 1.82) is 0 Å². The fourth-order valence-corrected chi connectivity index (χ4v) is 1.53. The Balaban J connectivity index is 2.03. The molecule has 17 heavy (non-hydrogen) atoms. The molecule has 0 unspecified atom stereocenters. The second-order valence-electron chi connectivity index (χ2n) is 4.02. The van der Waals surface area contributed by atoms with Crippen LogP contribution in [0, 0.1) is 0 Å². The van der Waals surface area contributed by atoms with Crippen molar-refractivity contribution in [2.24, 2.45) is 10.7 Å². The van der Waals surface area contributed by atoms with Crippen LogP contribution >= 0.6 is 0 Å². The number of unbranched alkanes of at least 4 members (excludes halogenated alkanes) is 3. The Morgan fingerprint density at radius 3 is 3.00 bits per heavy atom. The Hall–Kier alpha value is -1.52. The number of nitrogens with zero attached hydrogens (tertiary/aromatic N) is 3. The molecule has 5 heteroatoms. The van der Waals surface area contributed by atoms with Crippen LogP contribution in [0.4, 0.5) is 0 Å². The minimum atomic E-state index is 0.536. The number of guanidine groups is 1. The summed E-state index contributed by atoms with van der Waals surface area (Å²) in [6.45, 7) is 4.58. The molecule has 0 bridgehead atoms. The molecule has 1 rings (SSSR count). The highest BCUT2D eigenvalue weighted by Gasteiger charge is 1.93. The molecule has 0 amide bonds. The van der Waals surface area contributed by atoms with Crippen molar-refractivity contribution in [2.45, 2.75) is 39.2 Å². The summed E-state index contributed by atoms with van der Waals surface area (Å²) in [5.41, 5.74) is 5.74. The summed E-state index contributed by atoms with van der Waals surface area (Å²) >= 11 is 0. The van der Waals surface area contributed by atoms with E-state index >= 15 is 0 Å². The third-order valence-electron chi connectivity index (χ3n) is 2.50. The van der Waals surface area contributed by atoms with Gasteiger partial charge in [0, 0.05) is 25.5 Å². The first-order chi connectivity index (χ1) is 8.33. The van der Waals surface area contributed by atoms with Crippen LogP contribution in [0.3, 0.4) is 0 Å². The number of aromatic nitrogens is 2.